The summed E-state index contributed by atoms with van der Waals surface area (Å²) in [5.74, 6) is -0.668. The maximum Gasteiger partial charge on any atom is 0.338 e. The van der Waals surface area contributed by atoms with Crippen molar-refractivity contribution in [2.45, 2.75) is 38.7 Å². The van der Waals surface area contributed by atoms with Crippen LogP contribution in [0.25, 0.3) is 0 Å². The van der Waals surface area contributed by atoms with Gasteiger partial charge in [-0.3, -0.25) is 4.79 Å². The van der Waals surface area contributed by atoms with Gasteiger partial charge in [-0.2, -0.15) is 5.26 Å². The van der Waals surface area contributed by atoms with Crippen LogP contribution in [0.2, 0.25) is 0 Å². The highest BCUT2D eigenvalue weighted by Gasteiger charge is 2.28. The average Bonchev–Trinajstić information content (AvgIpc) is 2.48. The van der Waals surface area contributed by atoms with Crippen molar-refractivity contribution < 1.29 is 14.3 Å². The van der Waals surface area contributed by atoms with Crippen molar-refractivity contribution in [3.8, 4) is 6.07 Å². The van der Waals surface area contributed by atoms with E-state index >= 15 is 0 Å². The predicted octanol–water partition coefficient (Wildman–Crippen LogP) is 3.13. The summed E-state index contributed by atoms with van der Waals surface area (Å²) in [5.41, 5.74) is 0.978. The topological polar surface area (TPSA) is 67.2 Å². The molecule has 0 radical (unpaired) electrons. The van der Waals surface area contributed by atoms with E-state index in [2.05, 4.69) is 6.07 Å². The number of nitriles is 1. The molecule has 0 N–H and O–H groups in total. The van der Waals surface area contributed by atoms with Crippen LogP contribution >= 0.6 is 0 Å². The normalized spacial score (nSPS) is 21.8. The van der Waals surface area contributed by atoms with E-state index in [1.807, 2.05) is 0 Å². The number of esters is 1. The number of hydrogen-bond donors (Lipinski definition) is 0. The van der Waals surface area contributed by atoms with E-state index in [1.165, 1.54) is 6.92 Å². The zero-order chi connectivity index (χ0) is 14.5. The molecule has 1 fully saturated rings. The Bertz CT molecular complexity index is 542. The van der Waals surface area contributed by atoms with Gasteiger partial charge in [-0.15, -0.1) is 0 Å². The minimum atomic E-state index is -0.424. The summed E-state index contributed by atoms with van der Waals surface area (Å²) in [6.45, 7) is 1.48. The molecule has 1 saturated carbocycles. The molecule has 20 heavy (non-hydrogen) atoms. The SMILES string of the molecule is CC(=O)c1ccc(C(=O)O[C@@H]2CCCC[C@H]2C#N)cc1. The number of ether oxygens (including phenoxy) is 1. The summed E-state index contributed by atoms with van der Waals surface area (Å²) < 4.78 is 5.43. The van der Waals surface area contributed by atoms with Crippen LogP contribution in [-0.4, -0.2) is 17.9 Å². The highest BCUT2D eigenvalue weighted by atomic mass is 16.5. The molecule has 104 valence electrons. The molecule has 2 atom stereocenters. The van der Waals surface area contributed by atoms with Gasteiger partial charge < -0.3 is 4.74 Å². The summed E-state index contributed by atoms with van der Waals surface area (Å²) in [6.07, 6.45) is 3.22. The van der Waals surface area contributed by atoms with Gasteiger partial charge in [-0.1, -0.05) is 18.6 Å². The Hall–Kier alpha value is -2.15. The first kappa shape index (κ1) is 14.3. The molecule has 0 unspecified atom stereocenters. The largest absolute Gasteiger partial charge is 0.457 e. The molecule has 1 aliphatic carbocycles. The number of ketones is 1. The Labute approximate surface area is 118 Å². The van der Waals surface area contributed by atoms with Gasteiger partial charge in [0, 0.05) is 5.56 Å². The molecule has 0 saturated heterocycles. The van der Waals surface area contributed by atoms with Crippen molar-refractivity contribution in [2.24, 2.45) is 5.92 Å². The van der Waals surface area contributed by atoms with Gasteiger partial charge in [0.25, 0.3) is 0 Å². The van der Waals surface area contributed by atoms with Crippen molar-refractivity contribution in [3.05, 3.63) is 35.4 Å². The Morgan fingerprint density at radius 2 is 1.75 bits per heavy atom. The van der Waals surface area contributed by atoms with Crippen LogP contribution in [0.3, 0.4) is 0 Å². The van der Waals surface area contributed by atoms with Gasteiger partial charge in [0.15, 0.2) is 5.78 Å². The van der Waals surface area contributed by atoms with Crippen LogP contribution in [0.4, 0.5) is 0 Å². The summed E-state index contributed by atoms with van der Waals surface area (Å²) in [5, 5.41) is 9.06. The molecule has 0 amide bonds. The molecule has 2 rings (SSSR count). The highest BCUT2D eigenvalue weighted by Crippen LogP contribution is 2.27. The molecule has 0 heterocycles. The molecule has 0 spiro atoms. The number of nitrogens with zero attached hydrogens (tertiary/aromatic N) is 1. The third-order valence-corrected chi connectivity index (χ3v) is 3.65. The number of benzene rings is 1. The second-order valence-corrected chi connectivity index (χ2v) is 5.10. The van der Waals surface area contributed by atoms with Gasteiger partial charge in [0.1, 0.15) is 6.10 Å². The van der Waals surface area contributed by atoms with Gasteiger partial charge in [-0.25, -0.2) is 4.79 Å². The van der Waals surface area contributed by atoms with Gasteiger partial charge in [0.2, 0.25) is 0 Å². The minimum absolute atomic E-state index is 0.0401. The summed E-state index contributed by atoms with van der Waals surface area (Å²) in [6, 6.07) is 8.61. The number of Topliss-reactive ketones (excluding diaryl/α,β-unsaturated/α-hetero) is 1. The number of carbonyl (C=O) groups is 2. The molecule has 1 aromatic rings. The van der Waals surface area contributed by atoms with Crippen LogP contribution in [0.1, 0.15) is 53.3 Å². The van der Waals surface area contributed by atoms with Gasteiger partial charge >= 0.3 is 5.97 Å². The lowest BCUT2D eigenvalue weighted by Crippen LogP contribution is -2.29. The molecule has 0 aliphatic heterocycles. The molecular formula is C16H17NO3. The van der Waals surface area contributed by atoms with E-state index in [-0.39, 0.29) is 17.8 Å². The van der Waals surface area contributed by atoms with Crippen molar-refractivity contribution in [3.63, 3.8) is 0 Å². The van der Waals surface area contributed by atoms with E-state index in [0.29, 0.717) is 11.1 Å². The third-order valence-electron chi connectivity index (χ3n) is 3.65. The van der Waals surface area contributed by atoms with Crippen LogP contribution in [-0.2, 0) is 4.74 Å². The second-order valence-electron chi connectivity index (χ2n) is 5.10. The molecule has 0 aromatic heterocycles. The van der Waals surface area contributed by atoms with E-state index in [1.54, 1.807) is 24.3 Å². The molecule has 1 aromatic carbocycles. The Morgan fingerprint density at radius 3 is 2.35 bits per heavy atom. The molecule has 1 aliphatic rings. The maximum atomic E-state index is 12.0. The fourth-order valence-electron chi connectivity index (χ4n) is 2.43. The zero-order valence-electron chi connectivity index (χ0n) is 11.5. The summed E-state index contributed by atoms with van der Waals surface area (Å²) in [4.78, 5) is 23.2. The van der Waals surface area contributed by atoms with Crippen molar-refractivity contribution in [1.29, 1.82) is 5.26 Å². The first-order valence-corrected chi connectivity index (χ1v) is 6.83. The van der Waals surface area contributed by atoms with E-state index in [4.69, 9.17) is 10.00 Å². The first-order chi connectivity index (χ1) is 9.61. The average molecular weight is 271 g/mol. The number of rotatable bonds is 3. The van der Waals surface area contributed by atoms with E-state index < -0.39 is 5.97 Å². The van der Waals surface area contributed by atoms with Crippen LogP contribution in [0, 0.1) is 17.2 Å². The summed E-state index contributed by atoms with van der Waals surface area (Å²) >= 11 is 0. The quantitative estimate of drug-likeness (QED) is 0.625. The van der Waals surface area contributed by atoms with Crippen molar-refractivity contribution in [1.82, 2.24) is 0 Å². The lowest BCUT2D eigenvalue weighted by atomic mass is 9.87. The fourth-order valence-corrected chi connectivity index (χ4v) is 2.43. The van der Waals surface area contributed by atoms with E-state index in [9.17, 15) is 9.59 Å². The van der Waals surface area contributed by atoms with Crippen molar-refractivity contribution >= 4 is 11.8 Å². The molecule has 0 bridgehead atoms. The van der Waals surface area contributed by atoms with E-state index in [0.717, 1.165) is 25.7 Å². The lowest BCUT2D eigenvalue weighted by Gasteiger charge is -2.26. The molecular weight excluding hydrogens is 254 g/mol. The first-order valence-electron chi connectivity index (χ1n) is 6.83. The second kappa shape index (κ2) is 6.33. The Balaban J connectivity index is 2.04. The fraction of sp³-hybridized carbons (Fsp3) is 0.438. The summed E-state index contributed by atoms with van der Waals surface area (Å²) in [7, 11) is 0. The number of hydrogen-bond acceptors (Lipinski definition) is 4. The minimum Gasteiger partial charge on any atom is -0.457 e. The zero-order valence-corrected chi connectivity index (χ0v) is 11.5. The number of carbonyl (C=O) groups excluding carboxylic acids is 2. The van der Waals surface area contributed by atoms with Gasteiger partial charge in [-0.05, 0) is 38.3 Å². The van der Waals surface area contributed by atoms with Crippen LogP contribution in [0.15, 0.2) is 24.3 Å². The highest BCUT2D eigenvalue weighted by molar-refractivity contribution is 5.96. The van der Waals surface area contributed by atoms with Crippen molar-refractivity contribution in [2.75, 3.05) is 0 Å². The van der Waals surface area contributed by atoms with Gasteiger partial charge in [0.05, 0.1) is 17.6 Å². The predicted molar refractivity (Wildman–Crippen MR) is 73.2 cm³/mol. The monoisotopic (exact) mass is 271 g/mol. The Morgan fingerprint density at radius 1 is 1.15 bits per heavy atom. The third kappa shape index (κ3) is 3.24. The molecule has 4 nitrogen and oxygen atoms in total. The smallest absolute Gasteiger partial charge is 0.338 e. The van der Waals surface area contributed by atoms with Crippen LogP contribution < -0.4 is 0 Å². The maximum absolute atomic E-state index is 12.0. The lowest BCUT2D eigenvalue weighted by molar-refractivity contribution is 0.0107. The van der Waals surface area contributed by atoms with Crippen LogP contribution in [0.5, 0.6) is 0 Å². The molecule has 4 heteroatoms. The standard InChI is InChI=1S/C16H17NO3/c1-11(18)12-6-8-13(9-7-12)16(19)20-15-5-3-2-4-14(15)10-17/h6-9,14-15H,2-5H2,1H3/t14-,15+/m0/s1. The Kier molecular flexibility index (Phi) is 4.52.